The van der Waals surface area contributed by atoms with Crippen molar-refractivity contribution in [2.45, 2.75) is 62.8 Å². The van der Waals surface area contributed by atoms with E-state index in [9.17, 15) is 27.9 Å². The Morgan fingerprint density at radius 2 is 1.95 bits per heavy atom. The van der Waals surface area contributed by atoms with Crippen molar-refractivity contribution >= 4 is 40.1 Å². The van der Waals surface area contributed by atoms with Gasteiger partial charge < -0.3 is 15.3 Å². The lowest BCUT2D eigenvalue weighted by Gasteiger charge is -2.38. The molecule has 1 saturated heterocycles. The van der Waals surface area contributed by atoms with Crippen LogP contribution in [0.3, 0.4) is 0 Å². The summed E-state index contributed by atoms with van der Waals surface area (Å²) in [4.78, 5) is 32.8. The number of likely N-dealkylation sites (tertiary alicyclic amines) is 1. The highest BCUT2D eigenvalue weighted by molar-refractivity contribution is 7.11. The first-order chi connectivity index (χ1) is 20.5. The molecule has 2 atom stereocenters. The van der Waals surface area contributed by atoms with Gasteiger partial charge in [-0.05, 0) is 67.5 Å². The minimum absolute atomic E-state index is 0.0686. The number of carbonyl (C=O) groups excluding carboxylic acids is 1. The summed E-state index contributed by atoms with van der Waals surface area (Å²) in [5.74, 6) is -1.46. The van der Waals surface area contributed by atoms with E-state index in [1.807, 2.05) is 19.2 Å². The number of aromatic nitrogens is 5. The Bertz CT molecular complexity index is 1730. The van der Waals surface area contributed by atoms with E-state index in [0.29, 0.717) is 21.5 Å². The molecule has 228 valence electrons. The van der Waals surface area contributed by atoms with E-state index in [1.165, 1.54) is 26.9 Å². The molecule has 10 nitrogen and oxygen atoms in total. The average molecular weight is 636 g/mol. The predicted octanol–water partition coefficient (Wildman–Crippen LogP) is 3.45. The van der Waals surface area contributed by atoms with E-state index in [0.717, 1.165) is 46.9 Å². The van der Waals surface area contributed by atoms with Gasteiger partial charge in [0.25, 0.3) is 12.0 Å². The number of aliphatic hydroxyl groups is 1. The zero-order valence-corrected chi connectivity index (χ0v) is 24.7. The fraction of sp³-hybridized carbons (Fsp3) is 0.464. The van der Waals surface area contributed by atoms with Crippen LogP contribution in [0.4, 0.5) is 13.2 Å². The summed E-state index contributed by atoms with van der Waals surface area (Å²) in [5.41, 5.74) is 2.05. The van der Waals surface area contributed by atoms with Crippen molar-refractivity contribution in [3.63, 3.8) is 0 Å². The molecular weight excluding hydrogens is 607 g/mol. The van der Waals surface area contributed by atoms with Gasteiger partial charge in [-0.25, -0.2) is 13.8 Å². The minimum Gasteiger partial charge on any atom is -0.388 e. The standard InChI is InChI=1S/C28H29ClF3N7O3S/c1-33-17-8-15-10-18(19(29)11-16(15)9-17)25-23-24(36-43-25)27(41)38(14-34-23)13-28(42)3-6-37(7-4-28)22(40)12-20(26(31)32)39-5-2-21(30)35-39/h2,5,10-11,14,17,20,26,33,42H,3-4,6-9,12-13H2,1H3. The number of piperidine rings is 1. The van der Waals surface area contributed by atoms with Crippen molar-refractivity contribution < 1.29 is 23.1 Å². The maximum absolute atomic E-state index is 13.6. The van der Waals surface area contributed by atoms with Crippen molar-refractivity contribution in [3.05, 3.63) is 63.2 Å². The largest absolute Gasteiger partial charge is 0.388 e. The second-order valence-electron chi connectivity index (χ2n) is 11.2. The van der Waals surface area contributed by atoms with Gasteiger partial charge in [-0.15, -0.1) is 5.10 Å². The number of carbonyl (C=O) groups is 1. The number of amides is 1. The molecule has 43 heavy (non-hydrogen) atoms. The molecule has 0 spiro atoms. The molecule has 6 rings (SSSR count). The number of alkyl halides is 2. The van der Waals surface area contributed by atoms with Gasteiger partial charge in [0.05, 0.1) is 29.8 Å². The monoisotopic (exact) mass is 635 g/mol. The zero-order chi connectivity index (χ0) is 30.5. The van der Waals surface area contributed by atoms with Crippen LogP contribution in [-0.4, -0.2) is 77.8 Å². The molecule has 15 heteroatoms. The highest BCUT2D eigenvalue weighted by Crippen LogP contribution is 2.39. The van der Waals surface area contributed by atoms with Crippen LogP contribution in [0, 0.1) is 5.95 Å². The molecule has 4 aromatic rings. The Labute approximate surface area is 253 Å². The fourth-order valence-corrected chi connectivity index (χ4v) is 7.11. The lowest BCUT2D eigenvalue weighted by Crippen LogP contribution is -2.50. The highest BCUT2D eigenvalue weighted by Gasteiger charge is 2.37. The van der Waals surface area contributed by atoms with Gasteiger partial charge in [0.15, 0.2) is 5.52 Å². The maximum atomic E-state index is 13.6. The third-order valence-electron chi connectivity index (χ3n) is 8.43. The molecule has 0 radical (unpaired) electrons. The summed E-state index contributed by atoms with van der Waals surface area (Å²) in [7, 11) is 1.93. The number of fused-ring (bicyclic) bond motifs is 2. The summed E-state index contributed by atoms with van der Waals surface area (Å²) >= 11 is 7.80. The Hall–Kier alpha value is -3.33. The van der Waals surface area contributed by atoms with Crippen LogP contribution in [0.25, 0.3) is 21.5 Å². The first-order valence-corrected chi connectivity index (χ1v) is 15.0. The molecule has 1 fully saturated rings. The van der Waals surface area contributed by atoms with Gasteiger partial charge >= 0.3 is 0 Å². The third-order valence-corrected chi connectivity index (χ3v) is 9.62. The van der Waals surface area contributed by atoms with Crippen LogP contribution in [0.5, 0.6) is 0 Å². The van der Waals surface area contributed by atoms with Crippen molar-refractivity contribution in [1.29, 1.82) is 0 Å². The van der Waals surface area contributed by atoms with E-state index >= 15 is 0 Å². The summed E-state index contributed by atoms with van der Waals surface area (Å²) < 4.78 is 46.9. The van der Waals surface area contributed by atoms with Gasteiger partial charge in [0, 0.05) is 42.0 Å². The number of hydrogen-bond acceptors (Lipinski definition) is 8. The summed E-state index contributed by atoms with van der Waals surface area (Å²) in [6, 6.07) is 3.71. The number of rotatable bonds is 8. The number of likely N-dealkylation sites (N-methyl/N-ethyl adjacent to an activating group) is 1. The molecule has 1 aromatic carbocycles. The second-order valence-corrected chi connectivity index (χ2v) is 12.4. The average Bonchev–Trinajstić information content (AvgIpc) is 3.71. The Kier molecular flexibility index (Phi) is 8.05. The molecule has 2 aliphatic rings. The number of hydrogen-bond donors (Lipinski definition) is 2. The van der Waals surface area contributed by atoms with Crippen molar-refractivity contribution in [2.75, 3.05) is 20.1 Å². The van der Waals surface area contributed by atoms with Crippen LogP contribution in [-0.2, 0) is 24.2 Å². The predicted molar refractivity (Wildman–Crippen MR) is 155 cm³/mol. The lowest BCUT2D eigenvalue weighted by atomic mass is 9.91. The second kappa shape index (κ2) is 11.6. The number of benzene rings is 1. The van der Waals surface area contributed by atoms with Gasteiger partial charge in [0.1, 0.15) is 11.6 Å². The molecule has 1 aliphatic carbocycles. The van der Waals surface area contributed by atoms with Crippen LogP contribution in [0.15, 0.2) is 35.5 Å². The molecule has 1 aliphatic heterocycles. The summed E-state index contributed by atoms with van der Waals surface area (Å²) in [6.07, 6.45) is 0.998. The Balaban J connectivity index is 1.15. The van der Waals surface area contributed by atoms with E-state index in [4.69, 9.17) is 11.6 Å². The van der Waals surface area contributed by atoms with Crippen LogP contribution >= 0.6 is 23.1 Å². The van der Waals surface area contributed by atoms with Crippen molar-refractivity contribution in [1.82, 2.24) is 33.9 Å². The van der Waals surface area contributed by atoms with E-state index in [-0.39, 0.29) is 38.0 Å². The molecular formula is C28H29ClF3N7O3S. The van der Waals surface area contributed by atoms with E-state index in [2.05, 4.69) is 19.8 Å². The molecule has 4 heterocycles. The number of halogens is 4. The first kappa shape index (κ1) is 29.7. The van der Waals surface area contributed by atoms with Gasteiger partial charge in [-0.3, -0.25) is 18.8 Å². The molecule has 0 saturated carbocycles. The van der Waals surface area contributed by atoms with E-state index < -0.39 is 41.9 Å². The van der Waals surface area contributed by atoms with Crippen LogP contribution < -0.4 is 10.9 Å². The quantitative estimate of drug-likeness (QED) is 0.305. The van der Waals surface area contributed by atoms with Gasteiger partial charge in [0.2, 0.25) is 11.9 Å². The normalized spacial score (nSPS) is 18.9. The van der Waals surface area contributed by atoms with Gasteiger partial charge in [-0.2, -0.15) is 8.76 Å². The summed E-state index contributed by atoms with van der Waals surface area (Å²) in [6.45, 7) is 0.144. The number of nitrogens with zero attached hydrogens (tertiary/aromatic N) is 6. The Morgan fingerprint density at radius 3 is 2.60 bits per heavy atom. The molecule has 3 aromatic heterocycles. The van der Waals surface area contributed by atoms with Crippen molar-refractivity contribution in [3.8, 4) is 10.4 Å². The Morgan fingerprint density at radius 1 is 1.23 bits per heavy atom. The minimum atomic E-state index is -2.92. The third kappa shape index (κ3) is 5.80. The maximum Gasteiger partial charge on any atom is 0.281 e. The first-order valence-electron chi connectivity index (χ1n) is 13.9. The molecule has 2 N–H and O–H groups in total. The lowest BCUT2D eigenvalue weighted by molar-refractivity contribution is -0.138. The molecule has 0 bridgehead atoms. The molecule has 1 amide bonds. The van der Waals surface area contributed by atoms with Crippen molar-refractivity contribution in [2.24, 2.45) is 0 Å². The summed E-state index contributed by atoms with van der Waals surface area (Å²) in [5, 5.41) is 18.5. The van der Waals surface area contributed by atoms with Crippen LogP contribution in [0.2, 0.25) is 5.02 Å². The van der Waals surface area contributed by atoms with Gasteiger partial charge in [-0.1, -0.05) is 11.6 Å². The number of nitrogens with one attached hydrogen (secondary N) is 1. The van der Waals surface area contributed by atoms with Crippen LogP contribution in [0.1, 0.15) is 36.4 Å². The zero-order valence-electron chi connectivity index (χ0n) is 23.1. The SMILES string of the molecule is CNC1Cc2cc(Cl)c(-c3snc4c(=O)n(CC5(O)CCN(C(=O)CC(C(F)F)n6ccc(F)n6)CC5)cnc34)cc2C1. The highest BCUT2D eigenvalue weighted by atomic mass is 35.5. The topological polar surface area (TPSA) is 118 Å². The van der Waals surface area contributed by atoms with E-state index in [1.54, 1.807) is 0 Å². The smallest absolute Gasteiger partial charge is 0.281 e. The molecule has 2 unspecified atom stereocenters. The fourth-order valence-electron chi connectivity index (χ4n) is 5.92.